The highest BCUT2D eigenvalue weighted by Crippen LogP contribution is 2.37. The highest BCUT2D eigenvalue weighted by molar-refractivity contribution is 6.14. The van der Waals surface area contributed by atoms with Gasteiger partial charge in [-0.1, -0.05) is 54.6 Å². The first-order valence-electron chi connectivity index (χ1n) is 15.1. The number of para-hydroxylation sites is 2. The van der Waals surface area contributed by atoms with Crippen LogP contribution >= 0.6 is 0 Å². The van der Waals surface area contributed by atoms with Crippen molar-refractivity contribution in [3.05, 3.63) is 142 Å². The summed E-state index contributed by atoms with van der Waals surface area (Å²) >= 11 is 0. The molecule has 0 aliphatic heterocycles. The monoisotopic (exact) mass is 623 g/mol. The van der Waals surface area contributed by atoms with E-state index in [4.69, 9.17) is 14.5 Å². The number of rotatable bonds is 8. The van der Waals surface area contributed by atoms with Gasteiger partial charge < -0.3 is 24.9 Å². The van der Waals surface area contributed by atoms with Crippen molar-refractivity contribution in [2.24, 2.45) is 7.05 Å². The number of amides is 1. The van der Waals surface area contributed by atoms with Gasteiger partial charge in [0.15, 0.2) is 0 Å². The minimum absolute atomic E-state index is 0.00893. The number of hydrogen-bond acceptors (Lipinski definition) is 7. The maximum Gasteiger partial charge on any atom is 0.427 e. The average Bonchev–Trinajstić information content (AvgIpc) is 3.45. The third-order valence-corrected chi connectivity index (χ3v) is 7.94. The van der Waals surface area contributed by atoms with Crippen molar-refractivity contribution in [2.75, 3.05) is 5.32 Å². The molecule has 4 aromatic carbocycles. The molecular formula is C37H29N5O5. The Morgan fingerprint density at radius 2 is 1.64 bits per heavy atom. The number of imidazole rings is 1. The minimum Gasteiger partial charge on any atom is -0.457 e. The van der Waals surface area contributed by atoms with Crippen LogP contribution in [0.2, 0.25) is 0 Å². The normalized spacial score (nSPS) is 13.3. The molecule has 232 valence electrons. The van der Waals surface area contributed by atoms with Gasteiger partial charge >= 0.3 is 11.7 Å². The topological polar surface area (TPSA) is 121 Å². The van der Waals surface area contributed by atoms with Crippen LogP contribution in [0.5, 0.6) is 23.1 Å². The van der Waals surface area contributed by atoms with Crippen LogP contribution in [0.15, 0.2) is 109 Å². The van der Waals surface area contributed by atoms with Crippen molar-refractivity contribution >= 4 is 40.0 Å². The van der Waals surface area contributed by atoms with E-state index in [1.807, 2.05) is 78.9 Å². The molecule has 0 saturated heterocycles. The Morgan fingerprint density at radius 3 is 2.45 bits per heavy atom. The van der Waals surface area contributed by atoms with Crippen molar-refractivity contribution in [3.63, 3.8) is 0 Å². The second-order valence-corrected chi connectivity index (χ2v) is 11.2. The summed E-state index contributed by atoms with van der Waals surface area (Å²) in [6, 6.07) is 32.0. The Labute approximate surface area is 270 Å². The number of ether oxygens (including phenoxy) is 2. The van der Waals surface area contributed by atoms with Gasteiger partial charge in [-0.25, -0.2) is 4.98 Å². The predicted octanol–water partition coefficient (Wildman–Crippen LogP) is 8.59. The number of carbonyl (C=O) groups excluding carboxylic acids is 1. The Morgan fingerprint density at radius 1 is 0.894 bits per heavy atom. The van der Waals surface area contributed by atoms with Gasteiger partial charge in [-0.3, -0.25) is 9.36 Å². The summed E-state index contributed by atoms with van der Waals surface area (Å²) in [7, 11) is 1.61. The van der Waals surface area contributed by atoms with Gasteiger partial charge in [-0.05, 0) is 94.4 Å². The lowest BCUT2D eigenvalue weighted by Crippen LogP contribution is -2.19. The zero-order valence-corrected chi connectivity index (χ0v) is 25.4. The Balaban J connectivity index is 1.19. The predicted molar refractivity (Wildman–Crippen MR) is 180 cm³/mol. The van der Waals surface area contributed by atoms with Gasteiger partial charge in [0.1, 0.15) is 17.2 Å². The SMILES string of the molecule is Cn1cnc([N+](=O)[O-])c1Oc1cccc(NC(=O)c2c3c(nc4ccccc24)/C(=C\c2ccc(Oc4ccccc4)cc2)CCC3)c1. The van der Waals surface area contributed by atoms with Crippen molar-refractivity contribution in [1.82, 2.24) is 14.5 Å². The number of nitrogens with one attached hydrogen (secondary N) is 1. The molecule has 0 unspecified atom stereocenters. The summed E-state index contributed by atoms with van der Waals surface area (Å²) < 4.78 is 13.2. The van der Waals surface area contributed by atoms with E-state index < -0.39 is 10.7 Å². The summed E-state index contributed by atoms with van der Waals surface area (Å²) in [6.07, 6.45) is 5.87. The molecule has 1 aliphatic carbocycles. The Hall–Kier alpha value is -6.29. The molecule has 0 saturated carbocycles. The summed E-state index contributed by atoms with van der Waals surface area (Å²) in [6.45, 7) is 0. The van der Waals surface area contributed by atoms with E-state index in [2.05, 4.69) is 16.4 Å². The molecule has 6 aromatic rings. The number of anilines is 1. The van der Waals surface area contributed by atoms with Gasteiger partial charge in [0.05, 0.1) is 16.8 Å². The lowest BCUT2D eigenvalue weighted by molar-refractivity contribution is -0.390. The second kappa shape index (κ2) is 12.6. The molecule has 0 bridgehead atoms. The maximum atomic E-state index is 14.1. The van der Waals surface area contributed by atoms with E-state index >= 15 is 0 Å². The van der Waals surface area contributed by atoms with Gasteiger partial charge in [0.2, 0.25) is 6.33 Å². The van der Waals surface area contributed by atoms with E-state index in [1.54, 1.807) is 31.3 Å². The number of pyridine rings is 1. The molecule has 1 amide bonds. The molecule has 1 aliphatic rings. The smallest absolute Gasteiger partial charge is 0.427 e. The van der Waals surface area contributed by atoms with Crippen LogP contribution in [0.1, 0.15) is 40.0 Å². The average molecular weight is 624 g/mol. The number of aromatic nitrogens is 3. The van der Waals surface area contributed by atoms with E-state index in [0.29, 0.717) is 23.4 Å². The fraction of sp³-hybridized carbons (Fsp3) is 0.108. The lowest BCUT2D eigenvalue weighted by atomic mass is 9.85. The first kappa shape index (κ1) is 29.4. The van der Waals surface area contributed by atoms with Crippen LogP contribution in [-0.2, 0) is 13.5 Å². The second-order valence-electron chi connectivity index (χ2n) is 11.2. The number of carbonyl (C=O) groups is 1. The molecular weight excluding hydrogens is 594 g/mol. The molecule has 0 radical (unpaired) electrons. The van der Waals surface area contributed by atoms with Crippen molar-refractivity contribution < 1.29 is 19.2 Å². The zero-order chi connectivity index (χ0) is 32.3. The van der Waals surface area contributed by atoms with Gasteiger partial charge in [-0.15, -0.1) is 0 Å². The van der Waals surface area contributed by atoms with Crippen LogP contribution < -0.4 is 14.8 Å². The number of benzene rings is 4. The quantitative estimate of drug-likeness (QED) is 0.133. The summed E-state index contributed by atoms with van der Waals surface area (Å²) in [5.74, 6) is 1.17. The molecule has 47 heavy (non-hydrogen) atoms. The Bertz CT molecular complexity index is 2160. The number of nitrogens with zero attached hydrogens (tertiary/aromatic N) is 4. The number of allylic oxidation sites excluding steroid dienone is 1. The molecule has 0 atom stereocenters. The minimum atomic E-state index is -0.600. The number of fused-ring (bicyclic) bond motifs is 2. The first-order valence-corrected chi connectivity index (χ1v) is 15.1. The fourth-order valence-electron chi connectivity index (χ4n) is 5.78. The third-order valence-electron chi connectivity index (χ3n) is 7.94. The van der Waals surface area contributed by atoms with E-state index in [9.17, 15) is 14.9 Å². The molecule has 7 rings (SSSR count). The van der Waals surface area contributed by atoms with E-state index in [-0.39, 0.29) is 11.8 Å². The lowest BCUT2D eigenvalue weighted by Gasteiger charge is -2.23. The van der Waals surface area contributed by atoms with Crippen molar-refractivity contribution in [1.29, 1.82) is 0 Å². The van der Waals surface area contributed by atoms with E-state index in [0.717, 1.165) is 57.6 Å². The molecule has 2 heterocycles. The standard InChI is InChI=1S/C37H29N5O5/c1-41-23-38-35(42(44)45)37(41)47-29-13-8-10-26(22-29)39-36(43)33-30-14-5-6-16-32(30)40-34-25(9-7-15-31(33)34)21-24-17-19-28(20-18-24)46-27-11-3-2-4-12-27/h2-6,8,10-14,16-23H,7,9,15H2,1H3,(H,39,43)/b25-21-. The molecule has 0 spiro atoms. The third kappa shape index (κ3) is 6.16. The zero-order valence-electron chi connectivity index (χ0n) is 25.4. The van der Waals surface area contributed by atoms with E-state index in [1.165, 1.54) is 10.9 Å². The van der Waals surface area contributed by atoms with Gasteiger partial charge in [0.25, 0.3) is 5.91 Å². The molecule has 10 heteroatoms. The Kier molecular flexibility index (Phi) is 7.89. The molecule has 0 fully saturated rings. The highest BCUT2D eigenvalue weighted by Gasteiger charge is 2.26. The highest BCUT2D eigenvalue weighted by atomic mass is 16.6. The van der Waals surface area contributed by atoms with Crippen LogP contribution in [0.25, 0.3) is 22.6 Å². The van der Waals surface area contributed by atoms with Crippen LogP contribution in [0.4, 0.5) is 11.5 Å². The molecule has 1 N–H and O–H groups in total. The number of aryl methyl sites for hydroxylation is 1. The summed E-state index contributed by atoms with van der Waals surface area (Å²) in [4.78, 5) is 33.7. The molecule has 2 aromatic heterocycles. The van der Waals surface area contributed by atoms with Crippen molar-refractivity contribution in [3.8, 4) is 23.1 Å². The van der Waals surface area contributed by atoms with Gasteiger partial charge in [-0.2, -0.15) is 0 Å². The van der Waals surface area contributed by atoms with Crippen LogP contribution in [-0.4, -0.2) is 25.4 Å². The van der Waals surface area contributed by atoms with Crippen LogP contribution in [0, 0.1) is 10.1 Å². The molecule has 10 nitrogen and oxygen atoms in total. The maximum absolute atomic E-state index is 14.1. The largest absolute Gasteiger partial charge is 0.457 e. The fourth-order valence-corrected chi connectivity index (χ4v) is 5.78. The summed E-state index contributed by atoms with van der Waals surface area (Å²) in [5.41, 5.74) is 5.60. The number of nitro groups is 1. The number of hydrogen-bond donors (Lipinski definition) is 1. The van der Waals surface area contributed by atoms with Gasteiger partial charge in [0, 0.05) is 24.2 Å². The van der Waals surface area contributed by atoms with Crippen LogP contribution in [0.3, 0.4) is 0 Å². The first-order chi connectivity index (χ1) is 22.9. The van der Waals surface area contributed by atoms with Crippen molar-refractivity contribution in [2.45, 2.75) is 19.3 Å². The summed E-state index contributed by atoms with van der Waals surface area (Å²) in [5, 5.41) is 15.2.